The summed E-state index contributed by atoms with van der Waals surface area (Å²) in [7, 11) is 2.98. The second kappa shape index (κ2) is 9.70. The second-order valence-electron chi connectivity index (χ2n) is 6.86. The Morgan fingerprint density at radius 1 is 0.943 bits per heavy atom. The summed E-state index contributed by atoms with van der Waals surface area (Å²) < 4.78 is 83.6. The largest absolute Gasteiger partial charge is 0.493 e. The van der Waals surface area contributed by atoms with Gasteiger partial charge in [-0.05, 0) is 17.7 Å². The molecule has 0 aliphatic heterocycles. The van der Waals surface area contributed by atoms with Gasteiger partial charge in [0, 0.05) is 10.9 Å². The number of halogens is 5. The molecule has 7 nitrogen and oxygen atoms in total. The van der Waals surface area contributed by atoms with E-state index in [0.29, 0.717) is 32.8 Å². The highest BCUT2D eigenvalue weighted by atomic mass is 32.1. The zero-order chi connectivity index (χ0) is 25.3. The predicted molar refractivity (Wildman–Crippen MR) is 116 cm³/mol. The van der Waals surface area contributed by atoms with E-state index in [9.17, 15) is 26.7 Å². The van der Waals surface area contributed by atoms with Gasteiger partial charge in [0.05, 0.1) is 19.6 Å². The van der Waals surface area contributed by atoms with E-state index < -0.39 is 47.3 Å². The maximum atomic E-state index is 13.8. The Morgan fingerprint density at radius 3 is 2.26 bits per heavy atom. The van der Waals surface area contributed by atoms with Gasteiger partial charge in [-0.3, -0.25) is 4.79 Å². The molecule has 2 aromatic carbocycles. The summed E-state index contributed by atoms with van der Waals surface area (Å²) in [6.45, 7) is -0.840. The number of rotatable bonds is 7. The number of ether oxygens (including phenoxy) is 3. The van der Waals surface area contributed by atoms with Gasteiger partial charge in [0.2, 0.25) is 11.7 Å². The third kappa shape index (κ3) is 4.41. The van der Waals surface area contributed by atoms with Gasteiger partial charge in [-0.15, -0.1) is 11.3 Å². The molecule has 13 heteroatoms. The third-order valence-corrected chi connectivity index (χ3v) is 5.73. The van der Waals surface area contributed by atoms with E-state index in [1.807, 2.05) is 0 Å². The van der Waals surface area contributed by atoms with Crippen molar-refractivity contribution in [2.75, 3.05) is 26.1 Å². The lowest BCUT2D eigenvalue weighted by Crippen LogP contribution is -2.23. The molecule has 0 atom stereocenters. The van der Waals surface area contributed by atoms with Crippen molar-refractivity contribution in [3.8, 4) is 28.5 Å². The number of nitrogens with zero attached hydrogens (tertiary/aromatic N) is 2. The third-order valence-electron chi connectivity index (χ3n) is 4.84. The van der Waals surface area contributed by atoms with E-state index >= 15 is 0 Å². The van der Waals surface area contributed by atoms with Crippen LogP contribution in [0.25, 0.3) is 21.3 Å². The zero-order valence-corrected chi connectivity index (χ0v) is 18.7. The molecule has 0 fully saturated rings. The van der Waals surface area contributed by atoms with Crippen LogP contribution in [0.4, 0.5) is 27.6 Å². The monoisotopic (exact) mass is 511 g/mol. The summed E-state index contributed by atoms with van der Waals surface area (Å²) in [5, 5.41) is 3.86. The van der Waals surface area contributed by atoms with Gasteiger partial charge >= 0.3 is 0 Å². The zero-order valence-electron chi connectivity index (χ0n) is 17.9. The Kier molecular flexibility index (Phi) is 6.69. The Morgan fingerprint density at radius 2 is 1.60 bits per heavy atom. The number of anilines is 1. The van der Waals surface area contributed by atoms with Crippen LogP contribution in [0, 0.1) is 29.1 Å². The average Bonchev–Trinajstić information content (AvgIpc) is 3.32. The van der Waals surface area contributed by atoms with Crippen LogP contribution in [0.15, 0.2) is 29.9 Å². The Labute approximate surface area is 198 Å². The van der Waals surface area contributed by atoms with Crippen molar-refractivity contribution < 1.29 is 41.0 Å². The fraction of sp³-hybridized carbons (Fsp3) is 0.136. The van der Waals surface area contributed by atoms with Crippen LogP contribution in [-0.2, 0) is 4.79 Å². The van der Waals surface area contributed by atoms with E-state index in [1.54, 1.807) is 28.9 Å². The summed E-state index contributed by atoms with van der Waals surface area (Å²) >= 11 is 1.27. The fourth-order valence-corrected chi connectivity index (χ4v) is 4.10. The van der Waals surface area contributed by atoms with Gasteiger partial charge < -0.3 is 19.5 Å². The Balaban J connectivity index is 1.61. The number of thiophene rings is 1. The molecule has 0 unspecified atom stereocenters. The quantitative estimate of drug-likeness (QED) is 0.212. The number of methoxy groups -OCH3 is 2. The number of carbonyl (C=O) groups is 1. The minimum absolute atomic E-state index is 0.0337. The van der Waals surface area contributed by atoms with Crippen molar-refractivity contribution in [3.05, 3.63) is 59.0 Å². The lowest BCUT2D eigenvalue weighted by molar-refractivity contribution is -0.118. The molecule has 4 rings (SSSR count). The fourth-order valence-electron chi connectivity index (χ4n) is 3.20. The molecule has 1 N–H and O–H groups in total. The number of hydrogen-bond donors (Lipinski definition) is 1. The molecule has 0 bridgehead atoms. The predicted octanol–water partition coefficient (Wildman–Crippen LogP) is 5.09. The van der Waals surface area contributed by atoms with Crippen molar-refractivity contribution >= 4 is 33.1 Å². The SMILES string of the molecule is COc1ccc(-c2csc3ncnc(OCC(=O)Nc4c(F)c(F)c(F)c(F)c4F)c23)cc1OC. The first kappa shape index (κ1) is 24.1. The minimum atomic E-state index is -2.34. The summed E-state index contributed by atoms with van der Waals surface area (Å²) in [5.41, 5.74) is -0.148. The van der Waals surface area contributed by atoms with E-state index in [4.69, 9.17) is 14.2 Å². The van der Waals surface area contributed by atoms with Gasteiger partial charge in [-0.1, -0.05) is 6.07 Å². The molecule has 0 saturated carbocycles. The molecule has 0 radical (unpaired) electrons. The molecular weight excluding hydrogens is 497 g/mol. The van der Waals surface area contributed by atoms with Crippen LogP contribution in [0.3, 0.4) is 0 Å². The molecule has 1 amide bonds. The van der Waals surface area contributed by atoms with Crippen molar-refractivity contribution in [2.45, 2.75) is 0 Å². The van der Waals surface area contributed by atoms with Crippen molar-refractivity contribution in [1.82, 2.24) is 9.97 Å². The summed E-state index contributed by atoms with van der Waals surface area (Å²) in [4.78, 5) is 20.9. The number of amides is 1. The van der Waals surface area contributed by atoms with Crippen molar-refractivity contribution in [1.29, 1.82) is 0 Å². The van der Waals surface area contributed by atoms with Crippen LogP contribution >= 0.6 is 11.3 Å². The Bertz CT molecular complexity index is 1420. The van der Waals surface area contributed by atoms with Gasteiger partial charge in [-0.2, -0.15) is 0 Å². The van der Waals surface area contributed by atoms with Gasteiger partial charge in [0.25, 0.3) is 5.91 Å². The molecule has 4 aromatic rings. The molecule has 0 saturated heterocycles. The lowest BCUT2D eigenvalue weighted by atomic mass is 10.1. The van der Waals surface area contributed by atoms with Crippen LogP contribution in [0.2, 0.25) is 0 Å². The van der Waals surface area contributed by atoms with E-state index in [-0.39, 0.29) is 5.88 Å². The lowest BCUT2D eigenvalue weighted by Gasteiger charge is -2.12. The second-order valence-corrected chi connectivity index (χ2v) is 7.72. The molecule has 2 heterocycles. The maximum Gasteiger partial charge on any atom is 0.262 e. The summed E-state index contributed by atoms with van der Waals surface area (Å²) in [6.07, 6.45) is 1.19. The van der Waals surface area contributed by atoms with Gasteiger partial charge in [0.15, 0.2) is 41.4 Å². The minimum Gasteiger partial charge on any atom is -0.493 e. The first-order valence-electron chi connectivity index (χ1n) is 9.65. The van der Waals surface area contributed by atoms with Crippen LogP contribution < -0.4 is 19.5 Å². The Hall–Kier alpha value is -4.00. The normalized spacial score (nSPS) is 10.9. The summed E-state index contributed by atoms with van der Waals surface area (Å²) in [6, 6.07) is 5.17. The van der Waals surface area contributed by atoms with E-state index in [2.05, 4.69) is 9.97 Å². The van der Waals surface area contributed by atoms with Crippen LogP contribution in [0.1, 0.15) is 0 Å². The average molecular weight is 511 g/mol. The van der Waals surface area contributed by atoms with Crippen LogP contribution in [-0.4, -0.2) is 36.7 Å². The van der Waals surface area contributed by atoms with E-state index in [0.717, 1.165) is 0 Å². The van der Waals surface area contributed by atoms with Gasteiger partial charge in [-0.25, -0.2) is 31.9 Å². The molecule has 0 spiro atoms. The highest BCUT2D eigenvalue weighted by Crippen LogP contribution is 2.40. The highest BCUT2D eigenvalue weighted by Gasteiger charge is 2.27. The number of hydrogen-bond acceptors (Lipinski definition) is 7. The maximum absolute atomic E-state index is 13.8. The molecule has 2 aromatic heterocycles. The molecule has 0 aliphatic carbocycles. The number of fused-ring (bicyclic) bond motifs is 1. The van der Waals surface area contributed by atoms with Crippen molar-refractivity contribution in [2.24, 2.45) is 0 Å². The highest BCUT2D eigenvalue weighted by molar-refractivity contribution is 7.17. The molecule has 0 aliphatic rings. The number of aromatic nitrogens is 2. The van der Waals surface area contributed by atoms with Gasteiger partial charge in [0.1, 0.15) is 16.8 Å². The van der Waals surface area contributed by atoms with Crippen molar-refractivity contribution in [3.63, 3.8) is 0 Å². The molecular formula is C22H14F5N3O4S. The standard InChI is InChI=1S/C22H14F5N3O4S/c1-32-11-4-3-9(5-12(11)33-2)10-7-35-22-14(10)21(28-8-29-22)34-6-13(31)30-20-18(26)16(24)15(23)17(25)19(20)27/h3-5,7-8H,6H2,1-2H3,(H,30,31). The first-order chi connectivity index (χ1) is 16.8. The molecule has 182 valence electrons. The van der Waals surface area contributed by atoms with Crippen LogP contribution in [0.5, 0.6) is 17.4 Å². The molecule has 35 heavy (non-hydrogen) atoms. The first-order valence-corrected chi connectivity index (χ1v) is 10.5. The smallest absolute Gasteiger partial charge is 0.262 e. The number of nitrogens with one attached hydrogen (secondary N) is 1. The topological polar surface area (TPSA) is 82.6 Å². The summed E-state index contributed by atoms with van der Waals surface area (Å²) in [5.74, 6) is -11.3. The number of benzene rings is 2. The number of carbonyl (C=O) groups excluding carboxylic acids is 1. The van der Waals surface area contributed by atoms with E-state index in [1.165, 1.54) is 31.9 Å².